The Morgan fingerprint density at radius 2 is 2.23 bits per heavy atom. The molecule has 5 heteroatoms. The van der Waals surface area contributed by atoms with Crippen LogP contribution in [0.1, 0.15) is 33.2 Å². The summed E-state index contributed by atoms with van der Waals surface area (Å²) in [6, 6.07) is 0. The lowest BCUT2D eigenvalue weighted by atomic mass is 10.0. The van der Waals surface area contributed by atoms with Crippen LogP contribution in [0, 0.1) is 0 Å². The van der Waals surface area contributed by atoms with Crippen molar-refractivity contribution in [2.45, 2.75) is 25.7 Å². The number of hydrogen-bond acceptors (Lipinski definition) is 4. The number of thiazole rings is 1. The highest BCUT2D eigenvalue weighted by Crippen LogP contribution is 2.26. The first kappa shape index (κ1) is 8.65. The van der Waals surface area contributed by atoms with Gasteiger partial charge in [0, 0.05) is 4.88 Å². The number of carbonyl (C=O) groups excluding carboxylic acids is 1. The fourth-order valence-electron chi connectivity index (χ4n) is 1.51. The largest absolute Gasteiger partial charge is 0.294 e. The van der Waals surface area contributed by atoms with Gasteiger partial charge in [-0.25, -0.2) is 10.8 Å². The molecule has 0 spiro atoms. The van der Waals surface area contributed by atoms with Crippen molar-refractivity contribution in [2.75, 3.05) is 0 Å². The molecule has 1 heterocycles. The molecular formula is C8H11N3OS. The minimum Gasteiger partial charge on any atom is -0.288 e. The molecule has 0 aliphatic heterocycles. The Hall–Kier alpha value is -0.940. The summed E-state index contributed by atoms with van der Waals surface area (Å²) < 4.78 is 0. The molecule has 13 heavy (non-hydrogen) atoms. The number of nitrogens with zero attached hydrogens (tertiary/aromatic N) is 1. The normalized spacial score (nSPS) is 15.2. The molecule has 4 nitrogen and oxygen atoms in total. The Morgan fingerprint density at radius 3 is 2.92 bits per heavy atom. The van der Waals surface area contributed by atoms with Crippen molar-refractivity contribution >= 4 is 17.2 Å². The van der Waals surface area contributed by atoms with Gasteiger partial charge in [-0.2, -0.15) is 0 Å². The van der Waals surface area contributed by atoms with Crippen LogP contribution in [0.25, 0.3) is 0 Å². The van der Waals surface area contributed by atoms with Crippen molar-refractivity contribution in [1.29, 1.82) is 0 Å². The molecule has 0 bridgehead atoms. The van der Waals surface area contributed by atoms with E-state index >= 15 is 0 Å². The summed E-state index contributed by atoms with van der Waals surface area (Å²) in [6.07, 6.45) is 4.45. The number of rotatable bonds is 1. The van der Waals surface area contributed by atoms with Crippen molar-refractivity contribution in [1.82, 2.24) is 10.4 Å². The van der Waals surface area contributed by atoms with Crippen LogP contribution in [-0.2, 0) is 12.8 Å². The number of carbonyl (C=O) groups is 1. The van der Waals surface area contributed by atoms with E-state index in [9.17, 15) is 4.79 Å². The lowest BCUT2D eigenvalue weighted by Gasteiger charge is -2.06. The summed E-state index contributed by atoms with van der Waals surface area (Å²) in [5, 5.41) is 0.495. The molecule has 1 aromatic rings. The van der Waals surface area contributed by atoms with Gasteiger partial charge in [0.15, 0.2) is 5.01 Å². The third kappa shape index (κ3) is 1.57. The fourth-order valence-corrected chi connectivity index (χ4v) is 2.56. The van der Waals surface area contributed by atoms with Crippen LogP contribution in [0.5, 0.6) is 0 Å². The Morgan fingerprint density at radius 1 is 1.46 bits per heavy atom. The van der Waals surface area contributed by atoms with E-state index in [1.165, 1.54) is 29.1 Å². The van der Waals surface area contributed by atoms with E-state index in [4.69, 9.17) is 5.84 Å². The number of hydrogen-bond donors (Lipinski definition) is 2. The number of aryl methyl sites for hydroxylation is 2. The second-order valence-electron chi connectivity index (χ2n) is 3.07. The predicted octanol–water partition coefficient (Wildman–Crippen LogP) is 0.625. The Kier molecular flexibility index (Phi) is 2.28. The van der Waals surface area contributed by atoms with E-state index in [-0.39, 0.29) is 5.91 Å². The van der Waals surface area contributed by atoms with Crippen molar-refractivity contribution < 1.29 is 4.79 Å². The molecule has 1 aromatic heterocycles. The number of hydrazine groups is 1. The van der Waals surface area contributed by atoms with Gasteiger partial charge < -0.3 is 0 Å². The van der Waals surface area contributed by atoms with Crippen LogP contribution in [0.4, 0.5) is 0 Å². The maximum atomic E-state index is 11.1. The fraction of sp³-hybridized carbons (Fsp3) is 0.500. The zero-order chi connectivity index (χ0) is 9.26. The SMILES string of the molecule is NNC(=O)c1nc2c(s1)CCCC2. The lowest BCUT2D eigenvalue weighted by Crippen LogP contribution is -2.29. The van der Waals surface area contributed by atoms with Crippen LogP contribution in [0.2, 0.25) is 0 Å². The summed E-state index contributed by atoms with van der Waals surface area (Å²) in [7, 11) is 0. The molecule has 70 valence electrons. The molecule has 0 radical (unpaired) electrons. The van der Waals surface area contributed by atoms with Crippen LogP contribution < -0.4 is 11.3 Å². The minimum atomic E-state index is -0.278. The van der Waals surface area contributed by atoms with Gasteiger partial charge in [0.25, 0.3) is 5.91 Å². The molecule has 0 saturated heterocycles. The monoisotopic (exact) mass is 197 g/mol. The second-order valence-corrected chi connectivity index (χ2v) is 4.15. The summed E-state index contributed by atoms with van der Waals surface area (Å²) in [6.45, 7) is 0. The highest BCUT2D eigenvalue weighted by atomic mass is 32.1. The standard InChI is InChI=1S/C8H11N3OS/c9-11-7(12)8-10-5-3-1-2-4-6(5)13-8/h1-4,9H2,(H,11,12). The summed E-state index contributed by atoms with van der Waals surface area (Å²) >= 11 is 1.46. The van der Waals surface area contributed by atoms with Crippen LogP contribution in [0.15, 0.2) is 0 Å². The zero-order valence-electron chi connectivity index (χ0n) is 7.17. The molecule has 0 atom stereocenters. The predicted molar refractivity (Wildman–Crippen MR) is 50.4 cm³/mol. The zero-order valence-corrected chi connectivity index (χ0v) is 7.99. The molecular weight excluding hydrogens is 186 g/mol. The number of aromatic nitrogens is 1. The number of nitrogens with two attached hydrogens (primary N) is 1. The number of amides is 1. The Bertz CT molecular complexity index is 311. The molecule has 0 aromatic carbocycles. The van der Waals surface area contributed by atoms with E-state index in [1.807, 2.05) is 0 Å². The lowest BCUT2D eigenvalue weighted by molar-refractivity contribution is 0.0953. The van der Waals surface area contributed by atoms with Crippen LogP contribution >= 0.6 is 11.3 Å². The van der Waals surface area contributed by atoms with Gasteiger partial charge in [-0.05, 0) is 25.7 Å². The van der Waals surface area contributed by atoms with Gasteiger partial charge in [-0.15, -0.1) is 11.3 Å². The van der Waals surface area contributed by atoms with E-state index in [0.29, 0.717) is 5.01 Å². The summed E-state index contributed by atoms with van der Waals surface area (Å²) in [4.78, 5) is 16.6. The first-order valence-electron chi connectivity index (χ1n) is 4.31. The second kappa shape index (κ2) is 3.43. The average molecular weight is 197 g/mol. The van der Waals surface area contributed by atoms with E-state index in [0.717, 1.165) is 18.5 Å². The van der Waals surface area contributed by atoms with Crippen molar-refractivity contribution in [3.8, 4) is 0 Å². The Balaban J connectivity index is 2.30. The van der Waals surface area contributed by atoms with E-state index in [1.54, 1.807) is 0 Å². The first-order valence-corrected chi connectivity index (χ1v) is 5.12. The number of fused-ring (bicyclic) bond motifs is 1. The molecule has 2 rings (SSSR count). The van der Waals surface area contributed by atoms with Gasteiger partial charge in [-0.1, -0.05) is 0 Å². The van der Waals surface area contributed by atoms with Crippen LogP contribution in [0.3, 0.4) is 0 Å². The van der Waals surface area contributed by atoms with Crippen molar-refractivity contribution in [2.24, 2.45) is 5.84 Å². The third-order valence-electron chi connectivity index (χ3n) is 2.17. The average Bonchev–Trinajstić information content (AvgIpc) is 2.59. The summed E-state index contributed by atoms with van der Waals surface area (Å²) in [5.74, 6) is 4.75. The van der Waals surface area contributed by atoms with E-state index < -0.39 is 0 Å². The van der Waals surface area contributed by atoms with Crippen LogP contribution in [-0.4, -0.2) is 10.9 Å². The maximum Gasteiger partial charge on any atom is 0.294 e. The maximum absolute atomic E-state index is 11.1. The molecule has 0 saturated carbocycles. The highest BCUT2D eigenvalue weighted by molar-refractivity contribution is 7.13. The molecule has 0 fully saturated rings. The first-order chi connectivity index (χ1) is 6.31. The van der Waals surface area contributed by atoms with Gasteiger partial charge >= 0.3 is 0 Å². The van der Waals surface area contributed by atoms with E-state index in [2.05, 4.69) is 10.4 Å². The van der Waals surface area contributed by atoms with Gasteiger partial charge in [0.2, 0.25) is 0 Å². The Labute approximate surface area is 80.1 Å². The van der Waals surface area contributed by atoms with Crippen molar-refractivity contribution in [3.63, 3.8) is 0 Å². The highest BCUT2D eigenvalue weighted by Gasteiger charge is 2.18. The van der Waals surface area contributed by atoms with Gasteiger partial charge in [0.1, 0.15) is 0 Å². The molecule has 0 unspecified atom stereocenters. The van der Waals surface area contributed by atoms with Gasteiger partial charge in [0.05, 0.1) is 5.69 Å². The van der Waals surface area contributed by atoms with Crippen molar-refractivity contribution in [3.05, 3.63) is 15.6 Å². The topological polar surface area (TPSA) is 68.0 Å². The molecule has 1 amide bonds. The summed E-state index contributed by atoms with van der Waals surface area (Å²) in [5.41, 5.74) is 3.19. The third-order valence-corrected chi connectivity index (χ3v) is 3.33. The molecule has 1 aliphatic rings. The number of nitrogen functional groups attached to an aromatic ring is 1. The number of nitrogens with one attached hydrogen (secondary N) is 1. The smallest absolute Gasteiger partial charge is 0.288 e. The molecule has 1 aliphatic carbocycles. The quantitative estimate of drug-likeness (QED) is 0.394. The molecule has 3 N–H and O–H groups in total. The van der Waals surface area contributed by atoms with Gasteiger partial charge in [-0.3, -0.25) is 10.2 Å². The minimum absolute atomic E-state index is 0.278.